The molecule has 0 spiro atoms. The minimum absolute atomic E-state index is 0.0560. The van der Waals surface area contributed by atoms with Crippen molar-refractivity contribution in [2.75, 3.05) is 27.3 Å². The molecule has 1 amide bonds. The van der Waals surface area contributed by atoms with E-state index in [4.69, 9.17) is 9.47 Å². The van der Waals surface area contributed by atoms with Gasteiger partial charge in [0.05, 0.1) is 17.4 Å². The monoisotopic (exact) mass is 350 g/mol. The van der Waals surface area contributed by atoms with Crippen LogP contribution in [0.1, 0.15) is 33.9 Å². The second kappa shape index (κ2) is 7.42. The van der Waals surface area contributed by atoms with E-state index >= 15 is 0 Å². The Morgan fingerprint density at radius 2 is 2.25 bits per heavy atom. The maximum atomic E-state index is 12.7. The van der Waals surface area contributed by atoms with Crippen molar-refractivity contribution in [3.8, 4) is 5.88 Å². The molecular formula is C16H22N4O3S. The van der Waals surface area contributed by atoms with Gasteiger partial charge in [-0.05, 0) is 31.9 Å². The highest BCUT2D eigenvalue weighted by Crippen LogP contribution is 2.35. The third kappa shape index (κ3) is 3.35. The Balaban J connectivity index is 1.93. The number of fused-ring (bicyclic) bond motifs is 1. The summed E-state index contributed by atoms with van der Waals surface area (Å²) in [7, 11) is 3.17. The SMILES string of the molecule is COCc1nc(OC)c2c(C)c(C(=O)NC3CCCNC3)sc2n1. The van der Waals surface area contributed by atoms with Crippen LogP contribution >= 0.6 is 11.3 Å². The number of nitrogens with one attached hydrogen (secondary N) is 2. The zero-order valence-corrected chi connectivity index (χ0v) is 15.0. The summed E-state index contributed by atoms with van der Waals surface area (Å²) in [4.78, 5) is 22.9. The molecule has 0 radical (unpaired) electrons. The maximum absolute atomic E-state index is 12.7. The number of thiophene rings is 1. The van der Waals surface area contributed by atoms with Crippen LogP contribution in [0.5, 0.6) is 5.88 Å². The lowest BCUT2D eigenvalue weighted by molar-refractivity contribution is 0.0934. The Labute approximate surface area is 144 Å². The molecule has 7 nitrogen and oxygen atoms in total. The fraction of sp³-hybridized carbons (Fsp3) is 0.562. The van der Waals surface area contributed by atoms with Gasteiger partial charge in [-0.3, -0.25) is 4.79 Å². The molecule has 3 heterocycles. The largest absolute Gasteiger partial charge is 0.480 e. The average Bonchev–Trinajstić information content (AvgIpc) is 2.92. The van der Waals surface area contributed by atoms with Gasteiger partial charge in [0.2, 0.25) is 5.88 Å². The molecule has 1 saturated heterocycles. The highest BCUT2D eigenvalue weighted by atomic mass is 32.1. The van der Waals surface area contributed by atoms with E-state index in [1.807, 2.05) is 6.92 Å². The van der Waals surface area contributed by atoms with E-state index in [1.165, 1.54) is 11.3 Å². The Morgan fingerprint density at radius 3 is 2.92 bits per heavy atom. The van der Waals surface area contributed by atoms with E-state index in [1.54, 1.807) is 14.2 Å². The topological polar surface area (TPSA) is 85.4 Å². The lowest BCUT2D eigenvalue weighted by atomic mass is 10.1. The molecule has 1 atom stereocenters. The first-order valence-corrected chi connectivity index (χ1v) is 8.80. The average molecular weight is 350 g/mol. The Kier molecular flexibility index (Phi) is 5.27. The number of aryl methyl sites for hydroxylation is 1. The standard InChI is InChI=1S/C16H22N4O3S/c1-9-12-15(23-3)19-11(8-22-2)20-16(12)24-13(9)14(21)18-10-5-4-6-17-7-10/h10,17H,4-8H2,1-3H3,(H,18,21). The summed E-state index contributed by atoms with van der Waals surface area (Å²) in [6.07, 6.45) is 2.08. The molecule has 2 aromatic rings. The number of carbonyl (C=O) groups is 1. The first-order valence-electron chi connectivity index (χ1n) is 7.98. The molecule has 24 heavy (non-hydrogen) atoms. The van der Waals surface area contributed by atoms with E-state index in [-0.39, 0.29) is 11.9 Å². The number of rotatable bonds is 5. The predicted molar refractivity (Wildman–Crippen MR) is 92.8 cm³/mol. The van der Waals surface area contributed by atoms with Crippen LogP contribution in [-0.4, -0.2) is 49.2 Å². The normalized spacial score (nSPS) is 17.9. The van der Waals surface area contributed by atoms with E-state index in [0.29, 0.717) is 23.2 Å². The summed E-state index contributed by atoms with van der Waals surface area (Å²) in [5.74, 6) is 0.977. The van der Waals surface area contributed by atoms with Gasteiger partial charge in [0, 0.05) is 19.7 Å². The van der Waals surface area contributed by atoms with Gasteiger partial charge in [0.15, 0.2) is 5.82 Å². The molecule has 0 saturated carbocycles. The van der Waals surface area contributed by atoms with Crippen LogP contribution in [0.2, 0.25) is 0 Å². The third-order valence-corrected chi connectivity index (χ3v) is 5.29. The summed E-state index contributed by atoms with van der Waals surface area (Å²) < 4.78 is 10.5. The first-order chi connectivity index (χ1) is 11.6. The van der Waals surface area contributed by atoms with Crippen LogP contribution in [0.4, 0.5) is 0 Å². The molecule has 0 aliphatic carbocycles. The van der Waals surface area contributed by atoms with Gasteiger partial charge in [-0.1, -0.05) is 0 Å². The smallest absolute Gasteiger partial charge is 0.261 e. The number of amides is 1. The van der Waals surface area contributed by atoms with Gasteiger partial charge in [-0.25, -0.2) is 4.98 Å². The van der Waals surface area contributed by atoms with Crippen LogP contribution < -0.4 is 15.4 Å². The Morgan fingerprint density at radius 1 is 1.42 bits per heavy atom. The van der Waals surface area contributed by atoms with Gasteiger partial charge in [-0.2, -0.15) is 4.98 Å². The molecule has 1 aliphatic rings. The molecular weight excluding hydrogens is 328 g/mol. The van der Waals surface area contributed by atoms with Crippen LogP contribution in [0, 0.1) is 6.92 Å². The van der Waals surface area contributed by atoms with Crippen molar-refractivity contribution in [3.05, 3.63) is 16.3 Å². The van der Waals surface area contributed by atoms with Crippen molar-refractivity contribution >= 4 is 27.5 Å². The van der Waals surface area contributed by atoms with Crippen LogP contribution in [0.25, 0.3) is 10.2 Å². The van der Waals surface area contributed by atoms with E-state index in [2.05, 4.69) is 20.6 Å². The van der Waals surface area contributed by atoms with Crippen molar-refractivity contribution in [1.29, 1.82) is 0 Å². The number of methoxy groups -OCH3 is 2. The van der Waals surface area contributed by atoms with Gasteiger partial charge in [-0.15, -0.1) is 11.3 Å². The molecule has 2 N–H and O–H groups in total. The van der Waals surface area contributed by atoms with Gasteiger partial charge in [0.1, 0.15) is 11.4 Å². The van der Waals surface area contributed by atoms with Gasteiger partial charge >= 0.3 is 0 Å². The minimum Gasteiger partial charge on any atom is -0.480 e. The second-order valence-corrected chi connectivity index (χ2v) is 6.83. The molecule has 8 heteroatoms. The number of piperidine rings is 1. The van der Waals surface area contributed by atoms with E-state index in [9.17, 15) is 4.79 Å². The van der Waals surface area contributed by atoms with Crippen molar-refractivity contribution in [3.63, 3.8) is 0 Å². The Bertz CT molecular complexity index is 740. The highest BCUT2D eigenvalue weighted by Gasteiger charge is 2.23. The molecule has 1 aliphatic heterocycles. The number of carbonyl (C=O) groups excluding carboxylic acids is 1. The summed E-state index contributed by atoms with van der Waals surface area (Å²) in [5, 5.41) is 7.21. The molecule has 130 valence electrons. The number of ether oxygens (including phenoxy) is 2. The van der Waals surface area contributed by atoms with Crippen molar-refractivity contribution in [2.45, 2.75) is 32.4 Å². The van der Waals surface area contributed by atoms with Gasteiger partial charge < -0.3 is 20.1 Å². The summed E-state index contributed by atoms with van der Waals surface area (Å²) in [5.41, 5.74) is 0.858. The van der Waals surface area contributed by atoms with Crippen LogP contribution in [0.3, 0.4) is 0 Å². The summed E-state index contributed by atoms with van der Waals surface area (Å²) >= 11 is 1.37. The van der Waals surface area contributed by atoms with Crippen molar-refractivity contribution < 1.29 is 14.3 Å². The number of aromatic nitrogens is 2. The molecule has 1 unspecified atom stereocenters. The quantitative estimate of drug-likeness (QED) is 0.853. The summed E-state index contributed by atoms with van der Waals surface area (Å²) in [6, 6.07) is 0.174. The van der Waals surface area contributed by atoms with E-state index < -0.39 is 0 Å². The van der Waals surface area contributed by atoms with Gasteiger partial charge in [0.25, 0.3) is 5.91 Å². The second-order valence-electron chi connectivity index (χ2n) is 5.84. The fourth-order valence-corrected chi connectivity index (χ4v) is 4.02. The van der Waals surface area contributed by atoms with Crippen molar-refractivity contribution in [2.24, 2.45) is 0 Å². The number of hydrogen-bond acceptors (Lipinski definition) is 7. The highest BCUT2D eigenvalue weighted by molar-refractivity contribution is 7.20. The molecule has 1 fully saturated rings. The third-order valence-electron chi connectivity index (χ3n) is 4.11. The lowest BCUT2D eigenvalue weighted by Gasteiger charge is -2.23. The van der Waals surface area contributed by atoms with Crippen LogP contribution in [-0.2, 0) is 11.3 Å². The molecule has 0 aromatic carbocycles. The Hall–Kier alpha value is -1.77. The molecule has 3 rings (SSSR count). The fourth-order valence-electron chi connectivity index (χ4n) is 2.93. The minimum atomic E-state index is -0.0560. The van der Waals surface area contributed by atoms with E-state index in [0.717, 1.165) is 41.7 Å². The summed E-state index contributed by atoms with van der Waals surface area (Å²) in [6.45, 7) is 4.05. The van der Waals surface area contributed by atoms with Crippen LogP contribution in [0.15, 0.2) is 0 Å². The lowest BCUT2D eigenvalue weighted by Crippen LogP contribution is -2.45. The molecule has 0 bridgehead atoms. The zero-order valence-electron chi connectivity index (χ0n) is 14.1. The maximum Gasteiger partial charge on any atom is 0.261 e. The van der Waals surface area contributed by atoms with Crippen molar-refractivity contribution in [1.82, 2.24) is 20.6 Å². The number of nitrogens with zero attached hydrogens (tertiary/aromatic N) is 2. The zero-order chi connectivity index (χ0) is 17.1. The number of hydrogen-bond donors (Lipinski definition) is 2. The first kappa shape index (κ1) is 17.1. The predicted octanol–water partition coefficient (Wildman–Crippen LogP) is 1.64. The molecule has 2 aromatic heterocycles.